The first-order valence-electron chi connectivity index (χ1n) is 7.85. The van der Waals surface area contributed by atoms with E-state index in [2.05, 4.69) is 20.4 Å². The third-order valence-corrected chi connectivity index (χ3v) is 3.54. The zero-order valence-corrected chi connectivity index (χ0v) is 14.2. The lowest BCUT2D eigenvalue weighted by Crippen LogP contribution is -2.11. The van der Waals surface area contributed by atoms with Gasteiger partial charge in [0.1, 0.15) is 17.7 Å². The van der Waals surface area contributed by atoms with E-state index in [1.165, 1.54) is 10.9 Å². The second-order valence-electron chi connectivity index (χ2n) is 5.21. The molecule has 0 amide bonds. The number of nitrogen functional groups attached to an aromatic ring is 1. The fraction of sp³-hybridized carbons (Fsp3) is 0.125. The average molecular weight is 369 g/mol. The van der Waals surface area contributed by atoms with Gasteiger partial charge in [-0.15, -0.1) is 0 Å². The molecule has 11 heteroatoms. The molecular formula is C16H15N7O4. The van der Waals surface area contributed by atoms with Crippen LogP contribution < -0.4 is 11.1 Å². The molecule has 0 atom stereocenters. The van der Waals surface area contributed by atoms with Crippen LogP contribution in [-0.2, 0) is 4.74 Å². The van der Waals surface area contributed by atoms with Gasteiger partial charge in [-0.3, -0.25) is 10.1 Å². The van der Waals surface area contributed by atoms with Crippen LogP contribution in [0.1, 0.15) is 17.3 Å². The lowest BCUT2D eigenvalue weighted by Gasteiger charge is -2.11. The molecular weight excluding hydrogens is 354 g/mol. The summed E-state index contributed by atoms with van der Waals surface area (Å²) in [4.78, 5) is 30.4. The maximum Gasteiger partial charge on any atom is 0.353 e. The number of esters is 1. The molecule has 3 aromatic rings. The van der Waals surface area contributed by atoms with E-state index in [1.54, 1.807) is 31.2 Å². The maximum absolute atomic E-state index is 12.3. The van der Waals surface area contributed by atoms with Gasteiger partial charge < -0.3 is 15.8 Å². The van der Waals surface area contributed by atoms with Crippen molar-refractivity contribution in [1.82, 2.24) is 19.7 Å². The Bertz CT molecular complexity index is 988. The highest BCUT2D eigenvalue weighted by Crippen LogP contribution is 2.31. The molecule has 0 spiro atoms. The topological polar surface area (TPSA) is 151 Å². The van der Waals surface area contributed by atoms with Crippen molar-refractivity contribution in [3.63, 3.8) is 0 Å². The van der Waals surface area contributed by atoms with Crippen molar-refractivity contribution in [3.8, 4) is 5.69 Å². The first-order valence-corrected chi connectivity index (χ1v) is 7.85. The highest BCUT2D eigenvalue weighted by atomic mass is 16.6. The van der Waals surface area contributed by atoms with Crippen LogP contribution in [0.4, 0.5) is 23.1 Å². The molecule has 27 heavy (non-hydrogen) atoms. The molecule has 3 rings (SSSR count). The lowest BCUT2D eigenvalue weighted by atomic mass is 10.3. The zero-order chi connectivity index (χ0) is 19.4. The minimum atomic E-state index is -0.703. The third kappa shape index (κ3) is 3.51. The molecule has 0 saturated carbocycles. The van der Waals surface area contributed by atoms with E-state index in [9.17, 15) is 14.9 Å². The number of nitrogens with zero attached hydrogens (tertiary/aromatic N) is 5. The van der Waals surface area contributed by atoms with Crippen molar-refractivity contribution in [3.05, 3.63) is 58.5 Å². The Morgan fingerprint density at radius 1 is 1.33 bits per heavy atom. The summed E-state index contributed by atoms with van der Waals surface area (Å²) in [5.74, 6) is -0.954. The second kappa shape index (κ2) is 7.47. The van der Waals surface area contributed by atoms with E-state index >= 15 is 0 Å². The van der Waals surface area contributed by atoms with Crippen molar-refractivity contribution in [1.29, 1.82) is 0 Å². The number of rotatable bonds is 6. The van der Waals surface area contributed by atoms with Crippen LogP contribution in [0, 0.1) is 10.1 Å². The number of para-hydroxylation sites is 1. The first kappa shape index (κ1) is 17.8. The predicted molar refractivity (Wildman–Crippen MR) is 95.9 cm³/mol. The molecule has 3 N–H and O–H groups in total. The summed E-state index contributed by atoms with van der Waals surface area (Å²) < 4.78 is 6.44. The number of hydrogen-bond acceptors (Lipinski definition) is 9. The van der Waals surface area contributed by atoms with Gasteiger partial charge in [-0.1, -0.05) is 18.2 Å². The summed E-state index contributed by atoms with van der Waals surface area (Å²) in [6.45, 7) is 1.83. The van der Waals surface area contributed by atoms with Crippen molar-refractivity contribution in [2.45, 2.75) is 6.92 Å². The number of benzene rings is 1. The molecule has 0 unspecified atom stereocenters. The largest absolute Gasteiger partial charge is 0.462 e. The van der Waals surface area contributed by atoms with Gasteiger partial charge in [0.2, 0.25) is 11.6 Å². The molecule has 0 aliphatic heterocycles. The molecule has 0 saturated heterocycles. The fourth-order valence-electron chi connectivity index (χ4n) is 2.37. The molecule has 0 fully saturated rings. The second-order valence-corrected chi connectivity index (χ2v) is 5.21. The Morgan fingerprint density at radius 3 is 2.74 bits per heavy atom. The number of hydrogen-bond donors (Lipinski definition) is 2. The van der Waals surface area contributed by atoms with Crippen LogP contribution >= 0.6 is 0 Å². The van der Waals surface area contributed by atoms with Crippen molar-refractivity contribution >= 4 is 29.1 Å². The summed E-state index contributed by atoms with van der Waals surface area (Å²) in [5, 5.41) is 18.3. The van der Waals surface area contributed by atoms with E-state index < -0.39 is 16.6 Å². The monoisotopic (exact) mass is 369 g/mol. The maximum atomic E-state index is 12.3. The van der Waals surface area contributed by atoms with Crippen LogP contribution in [-0.4, -0.2) is 37.2 Å². The zero-order valence-electron chi connectivity index (χ0n) is 14.2. The quantitative estimate of drug-likeness (QED) is 0.378. The summed E-state index contributed by atoms with van der Waals surface area (Å²) in [6.07, 6.45) is 2.39. The van der Waals surface area contributed by atoms with Gasteiger partial charge in [-0.2, -0.15) is 5.10 Å². The molecule has 0 aliphatic carbocycles. The van der Waals surface area contributed by atoms with Crippen molar-refractivity contribution in [2.24, 2.45) is 0 Å². The van der Waals surface area contributed by atoms with Crippen LogP contribution in [0.15, 0.2) is 42.9 Å². The summed E-state index contributed by atoms with van der Waals surface area (Å²) in [6, 6.07) is 8.92. The van der Waals surface area contributed by atoms with Crippen LogP contribution in [0.25, 0.3) is 5.69 Å². The Kier molecular flexibility index (Phi) is 4.92. The first-order chi connectivity index (χ1) is 13.0. The van der Waals surface area contributed by atoms with Gasteiger partial charge in [0.15, 0.2) is 0 Å². The van der Waals surface area contributed by atoms with Crippen LogP contribution in [0.2, 0.25) is 0 Å². The Balaban J connectivity index is 2.14. The Hall–Kier alpha value is -4.02. The summed E-state index contributed by atoms with van der Waals surface area (Å²) in [7, 11) is 0. The van der Waals surface area contributed by atoms with Crippen LogP contribution in [0.3, 0.4) is 0 Å². The highest BCUT2D eigenvalue weighted by Gasteiger charge is 2.26. The van der Waals surface area contributed by atoms with E-state index in [4.69, 9.17) is 10.5 Å². The Labute approximate surface area is 153 Å². The standard InChI is InChI=1S/C16H15N7O4/c1-2-27-16(24)11-8-20-22(10-6-4-3-5-7-10)15(11)21-14-12(23(25)26)13(17)18-9-19-14/h3-9H,2H2,1H3,(H3,17,18,19,21). The number of anilines is 3. The summed E-state index contributed by atoms with van der Waals surface area (Å²) >= 11 is 0. The number of nitro groups is 1. The van der Waals surface area contributed by atoms with Gasteiger partial charge in [0.25, 0.3) is 0 Å². The molecule has 0 radical (unpaired) electrons. The van der Waals surface area contributed by atoms with Gasteiger partial charge in [0.05, 0.1) is 23.4 Å². The van der Waals surface area contributed by atoms with Gasteiger partial charge in [-0.25, -0.2) is 19.4 Å². The van der Waals surface area contributed by atoms with Gasteiger partial charge >= 0.3 is 11.7 Å². The fourth-order valence-corrected chi connectivity index (χ4v) is 2.37. The van der Waals surface area contributed by atoms with Gasteiger partial charge in [0, 0.05) is 0 Å². The van der Waals surface area contributed by atoms with E-state index in [0.717, 1.165) is 6.33 Å². The number of nitrogens with two attached hydrogens (primary N) is 1. The lowest BCUT2D eigenvalue weighted by molar-refractivity contribution is -0.383. The number of carbonyl (C=O) groups excluding carboxylic acids is 1. The Morgan fingerprint density at radius 2 is 2.07 bits per heavy atom. The molecule has 2 aromatic heterocycles. The third-order valence-electron chi connectivity index (χ3n) is 3.54. The summed E-state index contributed by atoms with van der Waals surface area (Å²) in [5.41, 5.74) is 5.81. The molecule has 0 aliphatic rings. The van der Waals surface area contributed by atoms with Crippen molar-refractivity contribution in [2.75, 3.05) is 17.7 Å². The SMILES string of the molecule is CCOC(=O)c1cnn(-c2ccccc2)c1Nc1ncnc(N)c1[N+](=O)[O-]. The molecule has 1 aromatic carbocycles. The minimum absolute atomic E-state index is 0.0900. The van der Waals surface area contributed by atoms with E-state index in [1.807, 2.05) is 6.07 Å². The number of aromatic nitrogens is 4. The molecule has 138 valence electrons. The normalized spacial score (nSPS) is 10.4. The number of carbonyl (C=O) groups is 1. The molecule has 0 bridgehead atoms. The number of ether oxygens (including phenoxy) is 1. The smallest absolute Gasteiger partial charge is 0.353 e. The molecule has 11 nitrogen and oxygen atoms in total. The van der Waals surface area contributed by atoms with Crippen molar-refractivity contribution < 1.29 is 14.5 Å². The minimum Gasteiger partial charge on any atom is -0.462 e. The highest BCUT2D eigenvalue weighted by molar-refractivity contribution is 5.96. The number of nitrogens with one attached hydrogen (secondary N) is 1. The average Bonchev–Trinajstić information content (AvgIpc) is 3.06. The van der Waals surface area contributed by atoms with E-state index in [0.29, 0.717) is 5.69 Å². The van der Waals surface area contributed by atoms with E-state index in [-0.39, 0.29) is 29.6 Å². The predicted octanol–water partition coefficient (Wildman–Crippen LogP) is 2.07. The molecule has 2 heterocycles. The van der Waals surface area contributed by atoms with Gasteiger partial charge in [-0.05, 0) is 19.1 Å². The van der Waals surface area contributed by atoms with Crippen LogP contribution in [0.5, 0.6) is 0 Å².